The number of nitrogens with zero attached hydrogens (tertiary/aromatic N) is 1. The molecule has 3 heteroatoms. The molecule has 1 aromatic rings. The second-order valence-corrected chi connectivity index (χ2v) is 5.64. The van der Waals surface area contributed by atoms with Crippen molar-refractivity contribution >= 4 is 17.4 Å². The summed E-state index contributed by atoms with van der Waals surface area (Å²) in [5.41, 5.74) is 1.36. The lowest BCUT2D eigenvalue weighted by Gasteiger charge is -2.31. The fraction of sp³-hybridized carbons (Fsp3) is 0.615. The van der Waals surface area contributed by atoms with E-state index in [0.717, 1.165) is 12.2 Å². The third-order valence-corrected chi connectivity index (χ3v) is 2.89. The first kappa shape index (κ1) is 13.3. The Kier molecular flexibility index (Phi) is 4.60. The average Bonchev–Trinajstić information content (AvgIpc) is 2.19. The van der Waals surface area contributed by atoms with Gasteiger partial charge in [0.1, 0.15) is 5.82 Å². The SMILES string of the molecule is Cc1ccc(NC(CCCl)C(C)(C)C)nc1. The van der Waals surface area contributed by atoms with Gasteiger partial charge >= 0.3 is 0 Å². The van der Waals surface area contributed by atoms with Crippen molar-refractivity contribution in [3.8, 4) is 0 Å². The molecule has 0 bridgehead atoms. The Morgan fingerprint density at radius 3 is 2.50 bits per heavy atom. The standard InChI is InChI=1S/C13H21ClN2/c1-10-5-6-12(15-9-10)16-11(7-8-14)13(2,3)4/h5-6,9,11H,7-8H2,1-4H3,(H,15,16). The molecule has 0 fully saturated rings. The molecule has 0 spiro atoms. The summed E-state index contributed by atoms with van der Waals surface area (Å²) in [6, 6.07) is 4.43. The van der Waals surface area contributed by atoms with Crippen LogP contribution in [0.25, 0.3) is 0 Å². The predicted molar refractivity (Wildman–Crippen MR) is 71.2 cm³/mol. The highest BCUT2D eigenvalue weighted by atomic mass is 35.5. The molecule has 1 unspecified atom stereocenters. The summed E-state index contributed by atoms with van der Waals surface area (Å²) < 4.78 is 0. The van der Waals surface area contributed by atoms with Gasteiger partial charge < -0.3 is 5.32 Å². The average molecular weight is 241 g/mol. The maximum Gasteiger partial charge on any atom is 0.126 e. The van der Waals surface area contributed by atoms with Gasteiger partial charge in [0.05, 0.1) is 0 Å². The molecule has 1 N–H and O–H groups in total. The van der Waals surface area contributed by atoms with Gasteiger partial charge in [0.25, 0.3) is 0 Å². The van der Waals surface area contributed by atoms with Crippen molar-refractivity contribution in [3.63, 3.8) is 0 Å². The fourth-order valence-corrected chi connectivity index (χ4v) is 1.78. The molecular formula is C13H21ClN2. The zero-order valence-electron chi connectivity index (χ0n) is 10.5. The molecule has 1 heterocycles. The Morgan fingerprint density at radius 2 is 2.06 bits per heavy atom. The summed E-state index contributed by atoms with van der Waals surface area (Å²) in [5.74, 6) is 1.59. The number of aryl methyl sites for hydroxylation is 1. The van der Waals surface area contributed by atoms with Crippen LogP contribution in [0.1, 0.15) is 32.8 Å². The number of hydrogen-bond donors (Lipinski definition) is 1. The monoisotopic (exact) mass is 240 g/mol. The van der Waals surface area contributed by atoms with E-state index in [9.17, 15) is 0 Å². The molecule has 16 heavy (non-hydrogen) atoms. The number of rotatable bonds is 4. The maximum atomic E-state index is 5.83. The molecule has 1 aromatic heterocycles. The number of pyridine rings is 1. The molecule has 2 nitrogen and oxygen atoms in total. The molecule has 1 atom stereocenters. The molecular weight excluding hydrogens is 220 g/mol. The number of alkyl halides is 1. The molecule has 1 rings (SSSR count). The van der Waals surface area contributed by atoms with Crippen molar-refractivity contribution in [3.05, 3.63) is 23.9 Å². The molecule has 0 aliphatic carbocycles. The molecule has 0 aliphatic rings. The van der Waals surface area contributed by atoms with Crippen LogP contribution in [0.3, 0.4) is 0 Å². The number of nitrogens with one attached hydrogen (secondary N) is 1. The van der Waals surface area contributed by atoms with E-state index in [4.69, 9.17) is 11.6 Å². The first-order valence-corrected chi connectivity index (χ1v) is 6.22. The van der Waals surface area contributed by atoms with Crippen LogP contribution in [0.4, 0.5) is 5.82 Å². The molecule has 0 aliphatic heterocycles. The molecule has 0 aromatic carbocycles. The van der Waals surface area contributed by atoms with Gasteiger partial charge in [0.2, 0.25) is 0 Å². The highest BCUT2D eigenvalue weighted by molar-refractivity contribution is 6.17. The van der Waals surface area contributed by atoms with E-state index >= 15 is 0 Å². The van der Waals surface area contributed by atoms with E-state index < -0.39 is 0 Å². The highest BCUT2D eigenvalue weighted by Gasteiger charge is 2.23. The predicted octanol–water partition coefficient (Wildman–Crippen LogP) is 3.85. The highest BCUT2D eigenvalue weighted by Crippen LogP contribution is 2.25. The Balaban J connectivity index is 2.72. The van der Waals surface area contributed by atoms with Crippen LogP contribution in [0.15, 0.2) is 18.3 Å². The van der Waals surface area contributed by atoms with Gasteiger partial charge in [-0.3, -0.25) is 0 Å². The van der Waals surface area contributed by atoms with Gasteiger partial charge in [-0.15, -0.1) is 11.6 Å². The molecule has 0 amide bonds. The topological polar surface area (TPSA) is 24.9 Å². The minimum Gasteiger partial charge on any atom is -0.367 e. The third kappa shape index (κ3) is 4.01. The van der Waals surface area contributed by atoms with E-state index in [0.29, 0.717) is 11.9 Å². The van der Waals surface area contributed by atoms with E-state index in [1.165, 1.54) is 5.56 Å². The Morgan fingerprint density at radius 1 is 1.38 bits per heavy atom. The van der Waals surface area contributed by atoms with Crippen LogP contribution < -0.4 is 5.32 Å². The summed E-state index contributed by atoms with van der Waals surface area (Å²) in [7, 11) is 0. The lowest BCUT2D eigenvalue weighted by atomic mass is 9.85. The van der Waals surface area contributed by atoms with Crippen LogP contribution in [-0.4, -0.2) is 16.9 Å². The van der Waals surface area contributed by atoms with E-state index in [1.807, 2.05) is 19.2 Å². The Bertz CT molecular complexity index is 314. The third-order valence-electron chi connectivity index (χ3n) is 2.68. The van der Waals surface area contributed by atoms with Gasteiger partial charge in [0, 0.05) is 18.1 Å². The lowest BCUT2D eigenvalue weighted by Crippen LogP contribution is -2.34. The van der Waals surface area contributed by atoms with Crippen molar-refractivity contribution in [1.82, 2.24) is 4.98 Å². The van der Waals surface area contributed by atoms with Gasteiger partial charge in [-0.2, -0.15) is 0 Å². The molecule has 0 saturated carbocycles. The number of hydrogen-bond acceptors (Lipinski definition) is 2. The van der Waals surface area contributed by atoms with E-state index in [-0.39, 0.29) is 5.41 Å². The normalized spacial score (nSPS) is 13.6. The number of anilines is 1. The summed E-state index contributed by atoms with van der Waals surface area (Å²) in [4.78, 5) is 4.36. The van der Waals surface area contributed by atoms with Crippen molar-refractivity contribution in [1.29, 1.82) is 0 Å². The number of halogens is 1. The quantitative estimate of drug-likeness (QED) is 0.809. The molecule has 0 radical (unpaired) electrons. The summed E-state index contributed by atoms with van der Waals surface area (Å²) in [5, 5.41) is 3.45. The smallest absolute Gasteiger partial charge is 0.126 e. The minimum absolute atomic E-state index is 0.182. The first-order valence-electron chi connectivity index (χ1n) is 5.68. The first-order chi connectivity index (χ1) is 7.43. The maximum absolute atomic E-state index is 5.83. The van der Waals surface area contributed by atoms with E-state index in [1.54, 1.807) is 0 Å². The zero-order valence-corrected chi connectivity index (χ0v) is 11.3. The van der Waals surface area contributed by atoms with Crippen LogP contribution >= 0.6 is 11.6 Å². The van der Waals surface area contributed by atoms with Gasteiger partial charge in [-0.05, 0) is 30.4 Å². The number of aromatic nitrogens is 1. The second-order valence-electron chi connectivity index (χ2n) is 5.26. The largest absolute Gasteiger partial charge is 0.367 e. The van der Waals surface area contributed by atoms with Gasteiger partial charge in [0.15, 0.2) is 0 Å². The Labute approximate surface area is 103 Å². The lowest BCUT2D eigenvalue weighted by molar-refractivity contribution is 0.334. The summed E-state index contributed by atoms with van der Waals surface area (Å²) in [6.07, 6.45) is 2.82. The second kappa shape index (κ2) is 5.53. The zero-order chi connectivity index (χ0) is 12.2. The molecule has 0 saturated heterocycles. The van der Waals surface area contributed by atoms with Crippen molar-refractivity contribution in [2.24, 2.45) is 5.41 Å². The Hall–Kier alpha value is -0.760. The van der Waals surface area contributed by atoms with Crippen molar-refractivity contribution in [2.75, 3.05) is 11.2 Å². The van der Waals surface area contributed by atoms with E-state index in [2.05, 4.69) is 37.1 Å². The molecule has 90 valence electrons. The van der Waals surface area contributed by atoms with Crippen LogP contribution in [0, 0.1) is 12.3 Å². The van der Waals surface area contributed by atoms with Gasteiger partial charge in [-0.25, -0.2) is 4.98 Å². The summed E-state index contributed by atoms with van der Waals surface area (Å²) in [6.45, 7) is 8.68. The van der Waals surface area contributed by atoms with Crippen molar-refractivity contribution in [2.45, 2.75) is 40.2 Å². The van der Waals surface area contributed by atoms with Crippen molar-refractivity contribution < 1.29 is 0 Å². The van der Waals surface area contributed by atoms with Crippen LogP contribution in [0.2, 0.25) is 0 Å². The fourth-order valence-electron chi connectivity index (χ4n) is 1.56. The van der Waals surface area contributed by atoms with Gasteiger partial charge in [-0.1, -0.05) is 26.8 Å². The van der Waals surface area contributed by atoms with Crippen LogP contribution in [-0.2, 0) is 0 Å². The van der Waals surface area contributed by atoms with Crippen LogP contribution in [0.5, 0.6) is 0 Å². The minimum atomic E-state index is 0.182. The summed E-state index contributed by atoms with van der Waals surface area (Å²) >= 11 is 5.83.